The quantitative estimate of drug-likeness (QED) is 0.575. The molecule has 1 fully saturated rings. The van der Waals surface area contributed by atoms with E-state index in [1.807, 2.05) is 6.92 Å². The summed E-state index contributed by atoms with van der Waals surface area (Å²) >= 11 is 0. The van der Waals surface area contributed by atoms with Crippen molar-refractivity contribution in [3.05, 3.63) is 0 Å². The van der Waals surface area contributed by atoms with Gasteiger partial charge in [0.25, 0.3) is 0 Å². The highest BCUT2D eigenvalue weighted by molar-refractivity contribution is 5.77. The molecule has 0 bridgehead atoms. The standard InChI is InChI=1S/C8H16N3O/c1-2-6(8(9)12)7-5-10-3-4-11-7/h6-7,10H,2-5H2,1H3,(H2,9,12). The van der Waals surface area contributed by atoms with Crippen LogP contribution in [-0.4, -0.2) is 31.6 Å². The Balaban J connectivity index is 2.46. The van der Waals surface area contributed by atoms with E-state index in [-0.39, 0.29) is 17.9 Å². The van der Waals surface area contributed by atoms with Crippen LogP contribution in [-0.2, 0) is 4.79 Å². The maximum absolute atomic E-state index is 11.0. The molecule has 0 aliphatic carbocycles. The van der Waals surface area contributed by atoms with Gasteiger partial charge in [0.05, 0.1) is 5.92 Å². The number of carbonyl (C=O) groups is 1. The first-order chi connectivity index (χ1) is 5.75. The first-order valence-electron chi connectivity index (χ1n) is 4.42. The van der Waals surface area contributed by atoms with Crippen LogP contribution in [0, 0.1) is 5.92 Å². The first-order valence-corrected chi connectivity index (χ1v) is 4.42. The van der Waals surface area contributed by atoms with Crippen molar-refractivity contribution in [3.8, 4) is 0 Å². The van der Waals surface area contributed by atoms with Crippen molar-refractivity contribution in [2.45, 2.75) is 19.4 Å². The molecule has 1 radical (unpaired) electrons. The van der Waals surface area contributed by atoms with Gasteiger partial charge in [-0.25, -0.2) is 5.32 Å². The summed E-state index contributed by atoms with van der Waals surface area (Å²) in [5, 5.41) is 7.56. The third kappa shape index (κ3) is 2.19. The zero-order valence-corrected chi connectivity index (χ0v) is 7.42. The molecule has 0 aromatic heterocycles. The summed E-state index contributed by atoms with van der Waals surface area (Å²) in [5.41, 5.74) is 5.25. The summed E-state index contributed by atoms with van der Waals surface area (Å²) in [5.74, 6) is -0.312. The Kier molecular flexibility index (Phi) is 3.49. The summed E-state index contributed by atoms with van der Waals surface area (Å²) in [7, 11) is 0. The molecule has 0 spiro atoms. The Labute approximate surface area is 72.9 Å². The molecule has 12 heavy (non-hydrogen) atoms. The van der Waals surface area contributed by atoms with Gasteiger partial charge in [-0.2, -0.15) is 0 Å². The van der Waals surface area contributed by atoms with Gasteiger partial charge in [-0.3, -0.25) is 4.79 Å². The highest BCUT2D eigenvalue weighted by Crippen LogP contribution is 2.09. The van der Waals surface area contributed by atoms with Crippen LogP contribution in [0.1, 0.15) is 13.3 Å². The second-order valence-corrected chi connectivity index (χ2v) is 3.09. The minimum absolute atomic E-state index is 0.0854. The SMILES string of the molecule is CCC(C(N)=O)C1CNCC[N]1. The number of amides is 1. The van der Waals surface area contributed by atoms with Crippen molar-refractivity contribution in [3.63, 3.8) is 0 Å². The Morgan fingerprint density at radius 1 is 1.83 bits per heavy atom. The van der Waals surface area contributed by atoms with Crippen molar-refractivity contribution in [2.75, 3.05) is 19.6 Å². The van der Waals surface area contributed by atoms with E-state index in [1.54, 1.807) is 0 Å². The maximum Gasteiger partial charge on any atom is 0.222 e. The van der Waals surface area contributed by atoms with Crippen molar-refractivity contribution >= 4 is 5.91 Å². The fraction of sp³-hybridized carbons (Fsp3) is 0.875. The molecule has 69 valence electrons. The highest BCUT2D eigenvalue weighted by atomic mass is 16.1. The maximum atomic E-state index is 11.0. The van der Waals surface area contributed by atoms with Gasteiger partial charge in [-0.05, 0) is 6.42 Å². The number of rotatable bonds is 3. The van der Waals surface area contributed by atoms with Crippen LogP contribution in [0.25, 0.3) is 0 Å². The van der Waals surface area contributed by atoms with Crippen molar-refractivity contribution in [1.82, 2.24) is 10.6 Å². The number of piperazine rings is 1. The van der Waals surface area contributed by atoms with Gasteiger partial charge in [-0.1, -0.05) is 6.92 Å². The van der Waals surface area contributed by atoms with Crippen molar-refractivity contribution in [2.24, 2.45) is 11.7 Å². The molecular weight excluding hydrogens is 154 g/mol. The second-order valence-electron chi connectivity index (χ2n) is 3.09. The normalized spacial score (nSPS) is 26.6. The molecule has 0 saturated carbocycles. The minimum atomic E-state index is -0.227. The van der Waals surface area contributed by atoms with Crippen molar-refractivity contribution in [1.29, 1.82) is 0 Å². The van der Waals surface area contributed by atoms with E-state index in [0.717, 1.165) is 26.1 Å². The van der Waals surface area contributed by atoms with Crippen molar-refractivity contribution < 1.29 is 4.79 Å². The predicted molar refractivity (Wildman–Crippen MR) is 46.6 cm³/mol. The van der Waals surface area contributed by atoms with Gasteiger partial charge in [0, 0.05) is 25.7 Å². The molecule has 1 heterocycles. The minimum Gasteiger partial charge on any atom is -0.369 e. The highest BCUT2D eigenvalue weighted by Gasteiger charge is 2.26. The lowest BCUT2D eigenvalue weighted by molar-refractivity contribution is -0.122. The Morgan fingerprint density at radius 2 is 2.58 bits per heavy atom. The van der Waals surface area contributed by atoms with E-state index in [1.165, 1.54) is 0 Å². The van der Waals surface area contributed by atoms with Crippen LogP contribution < -0.4 is 16.4 Å². The summed E-state index contributed by atoms with van der Waals surface area (Å²) in [6, 6.07) is 0.0984. The summed E-state index contributed by atoms with van der Waals surface area (Å²) in [6.07, 6.45) is 0.783. The molecule has 1 saturated heterocycles. The third-order valence-corrected chi connectivity index (χ3v) is 2.28. The zero-order chi connectivity index (χ0) is 8.97. The molecule has 1 aliphatic rings. The van der Waals surface area contributed by atoms with Gasteiger partial charge in [0.15, 0.2) is 0 Å². The molecule has 4 nitrogen and oxygen atoms in total. The molecule has 4 heteroatoms. The summed E-state index contributed by atoms with van der Waals surface area (Å²) in [4.78, 5) is 11.0. The fourth-order valence-electron chi connectivity index (χ4n) is 1.56. The van der Waals surface area contributed by atoms with Crippen LogP contribution in [0.15, 0.2) is 0 Å². The van der Waals surface area contributed by atoms with Gasteiger partial charge in [0.1, 0.15) is 0 Å². The van der Waals surface area contributed by atoms with E-state index in [0.29, 0.717) is 0 Å². The van der Waals surface area contributed by atoms with E-state index in [9.17, 15) is 4.79 Å². The Bertz CT molecular complexity index is 154. The lowest BCUT2D eigenvalue weighted by Gasteiger charge is -2.27. The van der Waals surface area contributed by atoms with Crippen LogP contribution >= 0.6 is 0 Å². The fourth-order valence-corrected chi connectivity index (χ4v) is 1.56. The van der Waals surface area contributed by atoms with Crippen LogP contribution in [0.3, 0.4) is 0 Å². The molecule has 2 atom stereocenters. The van der Waals surface area contributed by atoms with Gasteiger partial charge in [0.2, 0.25) is 5.91 Å². The number of nitrogens with zero attached hydrogens (tertiary/aromatic N) is 1. The largest absolute Gasteiger partial charge is 0.369 e. The first kappa shape index (κ1) is 9.48. The average molecular weight is 170 g/mol. The zero-order valence-electron chi connectivity index (χ0n) is 7.42. The average Bonchev–Trinajstić information content (AvgIpc) is 2.07. The van der Waals surface area contributed by atoms with Crippen LogP contribution in [0.2, 0.25) is 0 Å². The molecule has 1 aliphatic heterocycles. The number of carbonyl (C=O) groups excluding carboxylic acids is 1. The number of nitrogens with two attached hydrogens (primary N) is 1. The molecule has 0 aromatic rings. The third-order valence-electron chi connectivity index (χ3n) is 2.28. The smallest absolute Gasteiger partial charge is 0.222 e. The van der Waals surface area contributed by atoms with E-state index < -0.39 is 0 Å². The van der Waals surface area contributed by atoms with Crippen LogP contribution in [0.4, 0.5) is 0 Å². The number of primary amides is 1. The van der Waals surface area contributed by atoms with E-state index >= 15 is 0 Å². The van der Waals surface area contributed by atoms with Gasteiger partial charge >= 0.3 is 0 Å². The van der Waals surface area contributed by atoms with Gasteiger partial charge < -0.3 is 11.1 Å². The topological polar surface area (TPSA) is 69.2 Å². The Morgan fingerprint density at radius 3 is 3.00 bits per heavy atom. The lowest BCUT2D eigenvalue weighted by Crippen LogP contribution is -2.51. The summed E-state index contributed by atoms with van der Waals surface area (Å²) in [6.45, 7) is 4.49. The number of hydrogen-bond acceptors (Lipinski definition) is 2. The molecule has 1 rings (SSSR count). The predicted octanol–water partition coefficient (Wildman–Crippen LogP) is -0.926. The lowest BCUT2D eigenvalue weighted by atomic mass is 9.95. The molecule has 1 amide bonds. The van der Waals surface area contributed by atoms with Crippen LogP contribution in [0.5, 0.6) is 0 Å². The number of hydrogen-bond donors (Lipinski definition) is 2. The number of nitrogens with one attached hydrogen (secondary N) is 1. The van der Waals surface area contributed by atoms with Gasteiger partial charge in [-0.15, -0.1) is 0 Å². The molecule has 3 N–H and O–H groups in total. The monoisotopic (exact) mass is 170 g/mol. The molecule has 2 unspecified atom stereocenters. The second kappa shape index (κ2) is 4.42. The summed E-state index contributed by atoms with van der Waals surface area (Å²) < 4.78 is 0. The molecular formula is C8H16N3O. The molecule has 0 aromatic carbocycles. The van der Waals surface area contributed by atoms with E-state index in [4.69, 9.17) is 5.73 Å². The Hall–Kier alpha value is -0.610. The van der Waals surface area contributed by atoms with E-state index in [2.05, 4.69) is 10.6 Å².